The number of nitrogens with one attached hydrogen (secondary N) is 2. The maximum absolute atomic E-state index is 12.8. The third kappa shape index (κ3) is 3.53. The quantitative estimate of drug-likeness (QED) is 0.753. The summed E-state index contributed by atoms with van der Waals surface area (Å²) in [5.41, 5.74) is -0.712. The Balaban J connectivity index is 2.11. The summed E-state index contributed by atoms with van der Waals surface area (Å²) < 4.78 is 38.3. The zero-order valence-electron chi connectivity index (χ0n) is 11.2. The number of pyridine rings is 1. The van der Waals surface area contributed by atoms with Crippen LogP contribution in [0.5, 0.6) is 0 Å². The minimum Gasteiger partial charge on any atom is -0.396 e. The Morgan fingerprint density at radius 2 is 1.95 bits per heavy atom. The Labute approximate surface area is 115 Å². The second-order valence-corrected chi connectivity index (χ2v) is 5.20. The van der Waals surface area contributed by atoms with Gasteiger partial charge in [0.1, 0.15) is 11.6 Å². The Morgan fingerprint density at radius 1 is 1.30 bits per heavy atom. The first kappa shape index (κ1) is 14.9. The molecule has 3 N–H and O–H groups in total. The second-order valence-electron chi connectivity index (χ2n) is 5.20. The SMILES string of the molecule is CNc1cc(C(F)(F)F)cc(NCC2(CCO)CC2)n1. The fraction of sp³-hybridized carbons (Fsp3) is 0.615. The van der Waals surface area contributed by atoms with Crippen LogP contribution in [0.2, 0.25) is 0 Å². The highest BCUT2D eigenvalue weighted by Crippen LogP contribution is 2.48. The molecule has 1 aromatic heterocycles. The number of halogens is 3. The Hall–Kier alpha value is -1.50. The van der Waals surface area contributed by atoms with E-state index in [2.05, 4.69) is 15.6 Å². The predicted octanol–water partition coefficient (Wildman–Crippen LogP) is 2.72. The molecule has 0 aliphatic heterocycles. The summed E-state index contributed by atoms with van der Waals surface area (Å²) in [5, 5.41) is 14.6. The van der Waals surface area contributed by atoms with E-state index in [9.17, 15) is 13.2 Å². The van der Waals surface area contributed by atoms with Crippen LogP contribution in [0.4, 0.5) is 24.8 Å². The van der Waals surface area contributed by atoms with Crippen molar-refractivity contribution in [2.45, 2.75) is 25.4 Å². The first-order chi connectivity index (χ1) is 9.38. The fourth-order valence-corrected chi connectivity index (χ4v) is 2.12. The highest BCUT2D eigenvalue weighted by atomic mass is 19.4. The zero-order valence-corrected chi connectivity index (χ0v) is 11.2. The molecule has 0 spiro atoms. The number of rotatable bonds is 6. The van der Waals surface area contributed by atoms with Crippen molar-refractivity contribution in [3.8, 4) is 0 Å². The Bertz CT molecular complexity index is 472. The first-order valence-electron chi connectivity index (χ1n) is 6.50. The lowest BCUT2D eigenvalue weighted by Crippen LogP contribution is -2.18. The van der Waals surface area contributed by atoms with Crippen molar-refractivity contribution in [1.82, 2.24) is 4.98 Å². The van der Waals surface area contributed by atoms with Gasteiger partial charge in [-0.15, -0.1) is 0 Å². The summed E-state index contributed by atoms with van der Waals surface area (Å²) >= 11 is 0. The Kier molecular flexibility index (Phi) is 4.08. The molecular weight excluding hydrogens is 271 g/mol. The molecule has 0 saturated heterocycles. The molecule has 1 saturated carbocycles. The highest BCUT2D eigenvalue weighted by molar-refractivity contribution is 5.49. The van der Waals surface area contributed by atoms with Gasteiger partial charge in [0.15, 0.2) is 0 Å². The lowest BCUT2D eigenvalue weighted by atomic mass is 10.0. The van der Waals surface area contributed by atoms with Crippen LogP contribution in [0.1, 0.15) is 24.8 Å². The second kappa shape index (κ2) is 5.47. The number of aliphatic hydroxyl groups is 1. The summed E-state index contributed by atoms with van der Waals surface area (Å²) in [4.78, 5) is 4.07. The van der Waals surface area contributed by atoms with Crippen molar-refractivity contribution in [3.05, 3.63) is 17.7 Å². The van der Waals surface area contributed by atoms with Crippen LogP contribution >= 0.6 is 0 Å². The molecule has 0 aromatic carbocycles. The predicted molar refractivity (Wildman–Crippen MR) is 70.6 cm³/mol. The zero-order chi connectivity index (χ0) is 14.8. The van der Waals surface area contributed by atoms with Crippen molar-refractivity contribution in [3.63, 3.8) is 0 Å². The van der Waals surface area contributed by atoms with Gasteiger partial charge in [0.05, 0.1) is 5.56 Å². The number of aliphatic hydroxyl groups excluding tert-OH is 1. The maximum Gasteiger partial charge on any atom is 0.416 e. The summed E-state index contributed by atoms with van der Waals surface area (Å²) in [6.07, 6.45) is -1.76. The van der Waals surface area contributed by atoms with Gasteiger partial charge in [-0.1, -0.05) is 0 Å². The van der Waals surface area contributed by atoms with Crippen LogP contribution in [0, 0.1) is 5.41 Å². The van der Waals surface area contributed by atoms with Crippen molar-refractivity contribution in [2.75, 3.05) is 30.8 Å². The van der Waals surface area contributed by atoms with Crippen molar-refractivity contribution < 1.29 is 18.3 Å². The van der Waals surface area contributed by atoms with Gasteiger partial charge in [0.25, 0.3) is 0 Å². The van der Waals surface area contributed by atoms with Crippen molar-refractivity contribution >= 4 is 11.6 Å². The summed E-state index contributed by atoms with van der Waals surface area (Å²) in [5.74, 6) is 0.378. The highest BCUT2D eigenvalue weighted by Gasteiger charge is 2.41. The van der Waals surface area contributed by atoms with Gasteiger partial charge in [0.2, 0.25) is 0 Å². The summed E-state index contributed by atoms with van der Waals surface area (Å²) in [6.45, 7) is 0.629. The third-order valence-electron chi connectivity index (χ3n) is 3.65. The van der Waals surface area contributed by atoms with E-state index in [4.69, 9.17) is 5.11 Å². The fourth-order valence-electron chi connectivity index (χ4n) is 2.12. The molecule has 0 radical (unpaired) electrons. The number of hydrogen-bond donors (Lipinski definition) is 3. The molecule has 2 rings (SSSR count). The van der Waals surface area contributed by atoms with Crippen LogP contribution in [-0.4, -0.2) is 30.3 Å². The molecule has 1 aliphatic carbocycles. The van der Waals surface area contributed by atoms with E-state index < -0.39 is 11.7 Å². The lowest BCUT2D eigenvalue weighted by Gasteiger charge is -2.17. The molecule has 1 aromatic rings. The topological polar surface area (TPSA) is 57.2 Å². The van der Waals surface area contributed by atoms with Gasteiger partial charge in [-0.25, -0.2) is 4.98 Å². The number of hydrogen-bond acceptors (Lipinski definition) is 4. The standard InChI is InChI=1S/C13H18F3N3O/c1-17-10-6-9(13(14,15)16)7-11(19-10)18-8-12(2-3-12)4-5-20/h6-7,20H,2-5,8H2,1H3,(H2,17,18,19). The summed E-state index contributed by atoms with van der Waals surface area (Å²) in [7, 11) is 1.53. The molecule has 0 unspecified atom stereocenters. The molecule has 0 atom stereocenters. The van der Waals surface area contributed by atoms with E-state index in [1.165, 1.54) is 7.05 Å². The first-order valence-corrected chi connectivity index (χ1v) is 6.50. The van der Waals surface area contributed by atoms with E-state index in [1.54, 1.807) is 0 Å². The molecule has 1 fully saturated rings. The van der Waals surface area contributed by atoms with Crippen LogP contribution in [0.25, 0.3) is 0 Å². The van der Waals surface area contributed by atoms with Gasteiger partial charge in [-0.3, -0.25) is 0 Å². The molecule has 1 heterocycles. The van der Waals surface area contributed by atoms with Crippen molar-refractivity contribution in [1.29, 1.82) is 0 Å². The number of aromatic nitrogens is 1. The van der Waals surface area contributed by atoms with E-state index in [0.29, 0.717) is 13.0 Å². The maximum atomic E-state index is 12.8. The number of alkyl halides is 3. The monoisotopic (exact) mass is 289 g/mol. The van der Waals surface area contributed by atoms with Gasteiger partial charge in [0, 0.05) is 20.2 Å². The molecule has 1 aliphatic rings. The van der Waals surface area contributed by atoms with E-state index in [0.717, 1.165) is 25.0 Å². The largest absolute Gasteiger partial charge is 0.416 e. The van der Waals surface area contributed by atoms with Crippen LogP contribution < -0.4 is 10.6 Å². The van der Waals surface area contributed by atoms with Crippen LogP contribution in [0.3, 0.4) is 0 Å². The molecule has 112 valence electrons. The van der Waals surface area contributed by atoms with E-state index in [-0.39, 0.29) is 23.7 Å². The van der Waals surface area contributed by atoms with Gasteiger partial charge in [-0.05, 0) is 36.8 Å². The average molecular weight is 289 g/mol. The molecule has 0 amide bonds. The number of anilines is 2. The third-order valence-corrected chi connectivity index (χ3v) is 3.65. The lowest BCUT2D eigenvalue weighted by molar-refractivity contribution is -0.137. The van der Waals surface area contributed by atoms with Crippen LogP contribution in [-0.2, 0) is 6.18 Å². The minimum absolute atomic E-state index is 0.0183. The molecule has 4 nitrogen and oxygen atoms in total. The smallest absolute Gasteiger partial charge is 0.396 e. The normalized spacial score (nSPS) is 16.9. The van der Waals surface area contributed by atoms with Gasteiger partial charge in [-0.2, -0.15) is 13.2 Å². The molecule has 0 bridgehead atoms. The van der Waals surface area contributed by atoms with Crippen molar-refractivity contribution in [2.24, 2.45) is 5.41 Å². The summed E-state index contributed by atoms with van der Waals surface area (Å²) in [6, 6.07) is 1.99. The Morgan fingerprint density at radius 3 is 2.45 bits per heavy atom. The molecule has 20 heavy (non-hydrogen) atoms. The minimum atomic E-state index is -4.40. The molecular formula is C13H18F3N3O. The average Bonchev–Trinajstić information content (AvgIpc) is 3.16. The van der Waals surface area contributed by atoms with Crippen LogP contribution in [0.15, 0.2) is 12.1 Å². The van der Waals surface area contributed by atoms with E-state index in [1.807, 2.05) is 0 Å². The van der Waals surface area contributed by atoms with Gasteiger partial charge < -0.3 is 15.7 Å². The van der Waals surface area contributed by atoms with E-state index >= 15 is 0 Å². The van der Waals surface area contributed by atoms with Gasteiger partial charge >= 0.3 is 6.18 Å². The molecule has 7 heteroatoms. The number of nitrogens with zero attached hydrogens (tertiary/aromatic N) is 1.